The minimum Gasteiger partial charge on any atom is -0.465 e. The van der Waals surface area contributed by atoms with Gasteiger partial charge in [-0.05, 0) is 43.2 Å². The first kappa shape index (κ1) is 15.8. The lowest BCUT2D eigenvalue weighted by atomic mass is 9.86. The first-order valence-electron chi connectivity index (χ1n) is 7.29. The van der Waals surface area contributed by atoms with Gasteiger partial charge < -0.3 is 9.64 Å². The fraction of sp³-hybridized carbons (Fsp3) is 0.500. The number of aryl methyl sites for hydroxylation is 1. The van der Waals surface area contributed by atoms with Crippen LogP contribution in [0.2, 0.25) is 0 Å². The van der Waals surface area contributed by atoms with Crippen molar-refractivity contribution in [3.8, 4) is 0 Å². The van der Waals surface area contributed by atoms with E-state index in [-0.39, 0.29) is 24.3 Å². The lowest BCUT2D eigenvalue weighted by Gasteiger charge is -2.28. The zero-order valence-electron chi connectivity index (χ0n) is 12.3. The van der Waals surface area contributed by atoms with Gasteiger partial charge in [0.15, 0.2) is 0 Å². The summed E-state index contributed by atoms with van der Waals surface area (Å²) in [4.78, 5) is 27.3. The summed E-state index contributed by atoms with van der Waals surface area (Å²) in [6.45, 7) is 6.12. The van der Waals surface area contributed by atoms with Crippen molar-refractivity contribution in [3.63, 3.8) is 0 Å². The molecule has 5 heteroatoms. The second kappa shape index (κ2) is 7.41. The van der Waals surface area contributed by atoms with Gasteiger partial charge in [-0.25, -0.2) is 0 Å². The maximum atomic E-state index is 12.8. The first-order chi connectivity index (χ1) is 10.2. The standard InChI is InChI=1S/C16H21NO3S/c1-3-9-17(11-15(18)20-4-2)16(19)13-6-5-7-14-12(13)8-10-21-14/h3,8,10,13H,1,4-7,9,11H2,2H3. The lowest BCUT2D eigenvalue weighted by Crippen LogP contribution is -2.40. The quantitative estimate of drug-likeness (QED) is 0.600. The Morgan fingerprint density at radius 3 is 3.10 bits per heavy atom. The Morgan fingerprint density at radius 2 is 2.38 bits per heavy atom. The highest BCUT2D eigenvalue weighted by molar-refractivity contribution is 7.10. The van der Waals surface area contributed by atoms with Gasteiger partial charge in [-0.1, -0.05) is 6.08 Å². The normalized spacial score (nSPS) is 16.9. The van der Waals surface area contributed by atoms with Crippen LogP contribution in [0.3, 0.4) is 0 Å². The zero-order chi connectivity index (χ0) is 15.2. The molecule has 1 aromatic heterocycles. The molecule has 0 aromatic carbocycles. The van der Waals surface area contributed by atoms with Gasteiger partial charge in [-0.3, -0.25) is 9.59 Å². The minimum absolute atomic E-state index is 0.00213. The molecule has 2 rings (SSSR count). The zero-order valence-corrected chi connectivity index (χ0v) is 13.2. The molecule has 1 heterocycles. The lowest BCUT2D eigenvalue weighted by molar-refractivity contribution is -0.149. The second-order valence-electron chi connectivity index (χ2n) is 5.06. The van der Waals surface area contributed by atoms with Crippen LogP contribution in [-0.4, -0.2) is 36.5 Å². The molecule has 21 heavy (non-hydrogen) atoms. The van der Waals surface area contributed by atoms with Gasteiger partial charge in [-0.15, -0.1) is 17.9 Å². The van der Waals surface area contributed by atoms with Gasteiger partial charge >= 0.3 is 5.97 Å². The molecule has 1 aliphatic rings. The molecule has 114 valence electrons. The van der Waals surface area contributed by atoms with Crippen molar-refractivity contribution in [1.82, 2.24) is 4.90 Å². The van der Waals surface area contributed by atoms with Crippen molar-refractivity contribution >= 4 is 23.2 Å². The second-order valence-corrected chi connectivity index (χ2v) is 6.06. The van der Waals surface area contributed by atoms with E-state index in [4.69, 9.17) is 4.74 Å². The van der Waals surface area contributed by atoms with Crippen LogP contribution in [0, 0.1) is 0 Å². The van der Waals surface area contributed by atoms with Crippen molar-refractivity contribution in [2.24, 2.45) is 0 Å². The van der Waals surface area contributed by atoms with E-state index in [1.54, 1.807) is 29.2 Å². The number of rotatable bonds is 6. The fourth-order valence-electron chi connectivity index (χ4n) is 2.71. The Balaban J connectivity index is 2.12. The highest BCUT2D eigenvalue weighted by Gasteiger charge is 2.31. The maximum absolute atomic E-state index is 12.8. The van der Waals surface area contributed by atoms with Crippen molar-refractivity contribution in [2.75, 3.05) is 19.7 Å². The van der Waals surface area contributed by atoms with Gasteiger partial charge in [0, 0.05) is 11.4 Å². The molecule has 0 spiro atoms. The average Bonchev–Trinajstić information content (AvgIpc) is 2.94. The third-order valence-electron chi connectivity index (χ3n) is 3.64. The van der Waals surface area contributed by atoms with Crippen molar-refractivity contribution in [3.05, 3.63) is 34.5 Å². The Kier molecular flexibility index (Phi) is 5.56. The molecule has 1 atom stereocenters. The number of fused-ring (bicyclic) bond motifs is 1. The number of thiophene rings is 1. The molecular formula is C16H21NO3S. The van der Waals surface area contributed by atoms with E-state index in [0.717, 1.165) is 24.8 Å². The molecule has 0 fully saturated rings. The predicted octanol–water partition coefficient (Wildman–Crippen LogP) is 2.75. The highest BCUT2D eigenvalue weighted by Crippen LogP contribution is 2.36. The number of hydrogen-bond acceptors (Lipinski definition) is 4. The molecule has 0 saturated carbocycles. The number of carbonyl (C=O) groups is 2. The van der Waals surface area contributed by atoms with E-state index in [1.165, 1.54) is 4.88 Å². The van der Waals surface area contributed by atoms with Gasteiger partial charge in [0.1, 0.15) is 6.54 Å². The van der Waals surface area contributed by atoms with Crippen molar-refractivity contribution in [1.29, 1.82) is 0 Å². The monoisotopic (exact) mass is 307 g/mol. The molecule has 4 nitrogen and oxygen atoms in total. The van der Waals surface area contributed by atoms with Crippen LogP contribution in [0.1, 0.15) is 36.1 Å². The van der Waals surface area contributed by atoms with Gasteiger partial charge in [0.2, 0.25) is 5.91 Å². The van der Waals surface area contributed by atoms with Crippen LogP contribution in [0.5, 0.6) is 0 Å². The molecule has 1 aliphatic carbocycles. The summed E-state index contributed by atoms with van der Waals surface area (Å²) in [6, 6.07) is 2.04. The topological polar surface area (TPSA) is 46.6 Å². The molecule has 0 radical (unpaired) electrons. The summed E-state index contributed by atoms with van der Waals surface area (Å²) >= 11 is 1.71. The summed E-state index contributed by atoms with van der Waals surface area (Å²) < 4.78 is 4.95. The number of nitrogens with zero attached hydrogens (tertiary/aromatic N) is 1. The van der Waals surface area contributed by atoms with E-state index in [0.29, 0.717) is 13.2 Å². The third kappa shape index (κ3) is 3.73. The largest absolute Gasteiger partial charge is 0.465 e. The van der Waals surface area contributed by atoms with Gasteiger partial charge in [-0.2, -0.15) is 0 Å². The smallest absolute Gasteiger partial charge is 0.325 e. The molecule has 0 bridgehead atoms. The van der Waals surface area contributed by atoms with Crippen molar-refractivity contribution < 1.29 is 14.3 Å². The predicted molar refractivity (Wildman–Crippen MR) is 83.4 cm³/mol. The summed E-state index contributed by atoms with van der Waals surface area (Å²) in [6.07, 6.45) is 4.56. The average molecular weight is 307 g/mol. The molecular weight excluding hydrogens is 286 g/mol. The molecule has 1 unspecified atom stereocenters. The summed E-state index contributed by atoms with van der Waals surface area (Å²) in [7, 11) is 0. The van der Waals surface area contributed by atoms with E-state index in [9.17, 15) is 9.59 Å². The van der Waals surface area contributed by atoms with Crippen LogP contribution < -0.4 is 0 Å². The number of hydrogen-bond donors (Lipinski definition) is 0. The highest BCUT2D eigenvalue weighted by atomic mass is 32.1. The Hall–Kier alpha value is -1.62. The maximum Gasteiger partial charge on any atom is 0.325 e. The fourth-order valence-corrected chi connectivity index (χ4v) is 3.70. The van der Waals surface area contributed by atoms with E-state index < -0.39 is 0 Å². The van der Waals surface area contributed by atoms with Gasteiger partial charge in [0.05, 0.1) is 12.5 Å². The van der Waals surface area contributed by atoms with Crippen LogP contribution in [0.15, 0.2) is 24.1 Å². The molecule has 0 aliphatic heterocycles. The van der Waals surface area contributed by atoms with E-state index in [2.05, 4.69) is 6.58 Å². The Morgan fingerprint density at radius 1 is 1.57 bits per heavy atom. The molecule has 0 saturated heterocycles. The van der Waals surface area contributed by atoms with Crippen LogP contribution in [0.4, 0.5) is 0 Å². The van der Waals surface area contributed by atoms with Gasteiger partial charge in [0.25, 0.3) is 0 Å². The Labute approximate surface area is 129 Å². The van der Waals surface area contributed by atoms with E-state index >= 15 is 0 Å². The molecule has 1 aromatic rings. The van der Waals surface area contributed by atoms with Crippen LogP contribution in [-0.2, 0) is 20.7 Å². The Bertz CT molecular complexity index is 523. The van der Waals surface area contributed by atoms with Crippen LogP contribution in [0.25, 0.3) is 0 Å². The molecule has 0 N–H and O–H groups in total. The molecule has 1 amide bonds. The third-order valence-corrected chi connectivity index (χ3v) is 4.63. The van der Waals surface area contributed by atoms with E-state index in [1.807, 2.05) is 11.4 Å². The number of ether oxygens (including phenoxy) is 1. The van der Waals surface area contributed by atoms with Crippen LogP contribution >= 0.6 is 11.3 Å². The number of amides is 1. The number of carbonyl (C=O) groups excluding carboxylic acids is 2. The summed E-state index contributed by atoms with van der Waals surface area (Å²) in [5.41, 5.74) is 1.13. The minimum atomic E-state index is -0.367. The SMILES string of the molecule is C=CCN(CC(=O)OCC)C(=O)C1CCCc2sccc21. The summed E-state index contributed by atoms with van der Waals surface area (Å²) in [5.74, 6) is -0.495. The first-order valence-corrected chi connectivity index (χ1v) is 8.16. The summed E-state index contributed by atoms with van der Waals surface area (Å²) in [5, 5.41) is 2.04. The number of esters is 1. The van der Waals surface area contributed by atoms with Crippen molar-refractivity contribution in [2.45, 2.75) is 32.1 Å².